The van der Waals surface area contributed by atoms with Crippen LogP contribution in [0.1, 0.15) is 34.7 Å². The van der Waals surface area contributed by atoms with Crippen molar-refractivity contribution in [3.05, 3.63) is 137 Å². The van der Waals surface area contributed by atoms with Gasteiger partial charge in [-0.1, -0.05) is 89.7 Å². The van der Waals surface area contributed by atoms with E-state index >= 15 is 0 Å². The lowest BCUT2D eigenvalue weighted by molar-refractivity contribution is 0.363. The first-order valence-electron chi connectivity index (χ1n) is 12.0. The van der Waals surface area contributed by atoms with Gasteiger partial charge in [0.1, 0.15) is 12.4 Å². The number of thiazole rings is 1. The average molecular weight is 545 g/mol. The first-order chi connectivity index (χ1) is 18.0. The quantitative estimate of drug-likeness (QED) is 0.281. The molecular formula is C30H22Cl2N2O2S. The van der Waals surface area contributed by atoms with Crippen LogP contribution in [0.4, 0.5) is 0 Å². The van der Waals surface area contributed by atoms with Crippen molar-refractivity contribution in [3.63, 3.8) is 0 Å². The largest absolute Gasteiger partial charge is 0.490 e. The number of allylic oxidation sites excluding steroid dienone is 1. The summed E-state index contributed by atoms with van der Waals surface area (Å²) in [5.41, 5.74) is 6.04. The minimum absolute atomic E-state index is 0.0948. The van der Waals surface area contributed by atoms with Crippen LogP contribution in [0.25, 0.3) is 11.8 Å². The second-order valence-corrected chi connectivity index (χ2v) is 10.8. The topological polar surface area (TPSA) is 43.6 Å². The van der Waals surface area contributed by atoms with Crippen LogP contribution in [0.3, 0.4) is 0 Å². The predicted octanol–water partition coefficient (Wildman–Crippen LogP) is 6.19. The van der Waals surface area contributed by atoms with Crippen LogP contribution < -0.4 is 19.6 Å². The van der Waals surface area contributed by atoms with Gasteiger partial charge in [0.25, 0.3) is 5.56 Å². The van der Waals surface area contributed by atoms with Crippen molar-refractivity contribution in [2.45, 2.75) is 18.9 Å². The van der Waals surface area contributed by atoms with Gasteiger partial charge in [-0.15, -0.1) is 0 Å². The summed E-state index contributed by atoms with van der Waals surface area (Å²) in [5, 5.41) is 1.09. The Balaban J connectivity index is 1.57. The van der Waals surface area contributed by atoms with Crippen LogP contribution in [-0.4, -0.2) is 11.2 Å². The van der Waals surface area contributed by atoms with E-state index < -0.39 is 0 Å². The Hall–Kier alpha value is -3.38. The maximum absolute atomic E-state index is 13.9. The highest BCUT2D eigenvalue weighted by molar-refractivity contribution is 7.07. The lowest BCUT2D eigenvalue weighted by Gasteiger charge is -2.31. The van der Waals surface area contributed by atoms with E-state index in [2.05, 4.69) is 24.8 Å². The van der Waals surface area contributed by atoms with Crippen molar-refractivity contribution in [3.8, 4) is 5.75 Å². The standard InChI is InChI=1S/C30H22Cl2N2O2S/c1-2-14-36-21-8-5-6-18(15-21)16-26-29(35)34-28(23-13-11-20(31)17-25(23)32)24-12-10-19-7-3-4-9-22(19)27(24)33-30(34)37-26/h2-9,11,13,15-17,28H,1,10,12,14H2. The summed E-state index contributed by atoms with van der Waals surface area (Å²) in [6.45, 7) is 4.11. The third-order valence-corrected chi connectivity index (χ3v) is 8.20. The van der Waals surface area contributed by atoms with E-state index in [1.807, 2.05) is 48.5 Å². The van der Waals surface area contributed by atoms with Crippen LogP contribution in [0, 0.1) is 0 Å². The molecule has 7 heteroatoms. The Kier molecular flexibility index (Phi) is 6.37. The van der Waals surface area contributed by atoms with Crippen LogP contribution in [0.15, 0.2) is 94.7 Å². The van der Waals surface area contributed by atoms with Gasteiger partial charge in [0.2, 0.25) is 0 Å². The summed E-state index contributed by atoms with van der Waals surface area (Å²) >= 11 is 14.3. The molecule has 1 aliphatic heterocycles. The molecule has 1 aliphatic carbocycles. The van der Waals surface area contributed by atoms with Crippen LogP contribution in [0.5, 0.6) is 5.75 Å². The van der Waals surface area contributed by atoms with Crippen molar-refractivity contribution in [1.82, 2.24) is 4.57 Å². The van der Waals surface area contributed by atoms with Gasteiger partial charge in [-0.25, -0.2) is 4.99 Å². The van der Waals surface area contributed by atoms with Crippen LogP contribution in [-0.2, 0) is 6.42 Å². The van der Waals surface area contributed by atoms with Gasteiger partial charge in [0.15, 0.2) is 4.80 Å². The molecule has 1 atom stereocenters. The van der Waals surface area contributed by atoms with E-state index in [0.29, 0.717) is 26.0 Å². The zero-order valence-electron chi connectivity index (χ0n) is 19.8. The molecule has 4 nitrogen and oxygen atoms in total. The van der Waals surface area contributed by atoms with Crippen LogP contribution >= 0.6 is 34.5 Å². The molecule has 0 amide bonds. The summed E-state index contributed by atoms with van der Waals surface area (Å²) in [7, 11) is 0. The Morgan fingerprint density at radius 1 is 1.08 bits per heavy atom. The molecule has 0 bridgehead atoms. The first-order valence-corrected chi connectivity index (χ1v) is 13.5. The molecule has 0 spiro atoms. The summed E-state index contributed by atoms with van der Waals surface area (Å²) in [4.78, 5) is 19.6. The number of rotatable bonds is 5. The second-order valence-electron chi connectivity index (χ2n) is 8.95. The molecule has 2 aliphatic rings. The minimum atomic E-state index is -0.353. The lowest BCUT2D eigenvalue weighted by atomic mass is 9.83. The molecule has 37 heavy (non-hydrogen) atoms. The van der Waals surface area contributed by atoms with Crippen LogP contribution in [0.2, 0.25) is 10.0 Å². The Morgan fingerprint density at radius 2 is 1.95 bits per heavy atom. The Morgan fingerprint density at radius 3 is 2.78 bits per heavy atom. The highest BCUT2D eigenvalue weighted by Crippen LogP contribution is 2.43. The number of aryl methyl sites for hydroxylation is 1. The molecular weight excluding hydrogens is 523 g/mol. The fourth-order valence-corrected chi connectivity index (χ4v) is 6.54. The predicted molar refractivity (Wildman–Crippen MR) is 151 cm³/mol. The number of hydrogen-bond acceptors (Lipinski definition) is 4. The average Bonchev–Trinajstić information content (AvgIpc) is 3.21. The molecule has 0 saturated carbocycles. The molecule has 6 rings (SSSR count). The van der Waals surface area contributed by atoms with Gasteiger partial charge in [0, 0.05) is 15.6 Å². The number of aromatic nitrogens is 1. The van der Waals surface area contributed by atoms with Gasteiger partial charge in [-0.3, -0.25) is 9.36 Å². The van der Waals surface area contributed by atoms with Crippen molar-refractivity contribution in [2.75, 3.05) is 6.61 Å². The van der Waals surface area contributed by atoms with Crippen molar-refractivity contribution in [1.29, 1.82) is 0 Å². The first kappa shape index (κ1) is 24.0. The molecule has 0 fully saturated rings. The smallest absolute Gasteiger partial charge is 0.271 e. The maximum atomic E-state index is 13.9. The minimum Gasteiger partial charge on any atom is -0.490 e. The van der Waals surface area contributed by atoms with Gasteiger partial charge < -0.3 is 4.74 Å². The van der Waals surface area contributed by atoms with Gasteiger partial charge in [0.05, 0.1) is 16.3 Å². The zero-order chi connectivity index (χ0) is 25.5. The molecule has 0 saturated heterocycles. The van der Waals surface area contributed by atoms with E-state index in [1.54, 1.807) is 16.7 Å². The zero-order valence-corrected chi connectivity index (χ0v) is 22.1. The van der Waals surface area contributed by atoms with Crippen molar-refractivity contribution in [2.24, 2.45) is 4.99 Å². The maximum Gasteiger partial charge on any atom is 0.271 e. The molecule has 3 aromatic carbocycles. The van der Waals surface area contributed by atoms with Crippen molar-refractivity contribution < 1.29 is 4.74 Å². The molecule has 1 unspecified atom stereocenters. The van der Waals surface area contributed by atoms with E-state index in [4.69, 9.17) is 32.9 Å². The number of ether oxygens (including phenoxy) is 1. The van der Waals surface area contributed by atoms with E-state index in [9.17, 15) is 4.79 Å². The van der Waals surface area contributed by atoms with Gasteiger partial charge >= 0.3 is 0 Å². The second kappa shape index (κ2) is 9.82. The lowest BCUT2D eigenvalue weighted by Crippen LogP contribution is -2.38. The summed E-state index contributed by atoms with van der Waals surface area (Å²) in [6, 6.07) is 21.1. The SMILES string of the molecule is C=CCOc1cccc(C=c2sc3n(c2=O)C(c2ccc(Cl)cc2Cl)C2=C(N=3)c3ccccc3CC2)c1. The van der Waals surface area contributed by atoms with E-state index in [1.165, 1.54) is 16.9 Å². The molecule has 0 radical (unpaired) electrons. The molecule has 2 heterocycles. The third-order valence-electron chi connectivity index (χ3n) is 6.65. The summed E-state index contributed by atoms with van der Waals surface area (Å²) in [6.07, 6.45) is 5.27. The van der Waals surface area contributed by atoms with Gasteiger partial charge in [-0.2, -0.15) is 0 Å². The van der Waals surface area contributed by atoms with Gasteiger partial charge in [-0.05, 0) is 65.4 Å². The fourth-order valence-electron chi connectivity index (χ4n) is 5.02. The Labute approximate surface area is 228 Å². The fraction of sp³-hybridized carbons (Fsp3) is 0.133. The molecule has 184 valence electrons. The van der Waals surface area contributed by atoms with E-state index in [0.717, 1.165) is 46.6 Å². The summed E-state index contributed by atoms with van der Waals surface area (Å²) < 4.78 is 8.06. The number of fused-ring (bicyclic) bond motifs is 3. The monoisotopic (exact) mass is 544 g/mol. The third kappa shape index (κ3) is 4.37. The highest BCUT2D eigenvalue weighted by atomic mass is 35.5. The normalized spacial score (nSPS) is 16.5. The Bertz CT molecular complexity index is 1770. The number of halogens is 2. The highest BCUT2D eigenvalue weighted by Gasteiger charge is 2.33. The van der Waals surface area contributed by atoms with Crippen molar-refractivity contribution >= 4 is 46.3 Å². The molecule has 4 aromatic rings. The van der Waals surface area contributed by atoms with E-state index in [-0.39, 0.29) is 11.6 Å². The number of benzene rings is 3. The molecule has 1 aromatic heterocycles. The summed E-state index contributed by atoms with van der Waals surface area (Å²) in [5.74, 6) is 0.722. The number of hydrogen-bond donors (Lipinski definition) is 0. The molecule has 0 N–H and O–H groups in total. The number of nitrogens with zero attached hydrogens (tertiary/aromatic N) is 2.